The molecule has 2 aliphatic carbocycles. The fraction of sp³-hybridized carbons (Fsp3) is 0.167. The van der Waals surface area contributed by atoms with Crippen molar-refractivity contribution in [2.45, 2.75) is 26.2 Å². The van der Waals surface area contributed by atoms with Crippen LogP contribution in [-0.2, 0) is 12.8 Å². The van der Waals surface area contributed by atoms with Gasteiger partial charge in [0, 0.05) is 17.1 Å². The second-order valence-electron chi connectivity index (χ2n) is 7.03. The number of allylic oxidation sites excluding steroid dienone is 2. The van der Waals surface area contributed by atoms with E-state index >= 15 is 0 Å². The van der Waals surface area contributed by atoms with Crippen molar-refractivity contribution in [3.63, 3.8) is 0 Å². The molecule has 0 saturated carbocycles. The minimum Gasteiger partial charge on any atom is -0.313 e. The Bertz CT molecular complexity index is 1030. The highest BCUT2D eigenvalue weighted by atomic mass is 15.0. The maximum absolute atomic E-state index is 2.48. The molecule has 0 radical (unpaired) electrons. The molecular weight excluding hydrogens is 302 g/mol. The monoisotopic (exact) mass is 323 g/mol. The number of aromatic nitrogens is 1. The summed E-state index contributed by atoms with van der Waals surface area (Å²) in [5, 5.41) is 0. The summed E-state index contributed by atoms with van der Waals surface area (Å²) in [4.78, 5) is 0. The first-order valence-corrected chi connectivity index (χ1v) is 9.08. The van der Waals surface area contributed by atoms with Crippen LogP contribution in [0.3, 0.4) is 0 Å². The first-order valence-electron chi connectivity index (χ1n) is 9.08. The maximum atomic E-state index is 2.48. The van der Waals surface area contributed by atoms with Gasteiger partial charge in [0.05, 0.1) is 0 Å². The number of fused-ring (bicyclic) bond motifs is 3. The molecule has 1 aromatic heterocycles. The zero-order valence-electron chi connectivity index (χ0n) is 14.5. The third-order valence-electron chi connectivity index (χ3n) is 5.34. The van der Waals surface area contributed by atoms with E-state index in [0.717, 1.165) is 19.3 Å². The lowest BCUT2D eigenvalue weighted by Crippen LogP contribution is -2.04. The zero-order valence-corrected chi connectivity index (χ0v) is 14.5. The van der Waals surface area contributed by atoms with Gasteiger partial charge in [-0.2, -0.15) is 0 Å². The normalized spacial score (nSPS) is 14.6. The molecule has 1 nitrogen and oxygen atoms in total. The third kappa shape index (κ3) is 2.31. The topological polar surface area (TPSA) is 4.93 Å². The van der Waals surface area contributed by atoms with Gasteiger partial charge in [0.25, 0.3) is 0 Å². The van der Waals surface area contributed by atoms with Gasteiger partial charge < -0.3 is 4.57 Å². The third-order valence-corrected chi connectivity index (χ3v) is 5.34. The second-order valence-corrected chi connectivity index (χ2v) is 7.03. The summed E-state index contributed by atoms with van der Waals surface area (Å²) in [6.45, 7) is 2.15. The summed E-state index contributed by atoms with van der Waals surface area (Å²) in [6, 6.07) is 17.7. The highest BCUT2D eigenvalue weighted by molar-refractivity contribution is 5.74. The van der Waals surface area contributed by atoms with E-state index in [1.165, 1.54) is 44.9 Å². The molecule has 25 heavy (non-hydrogen) atoms. The summed E-state index contributed by atoms with van der Waals surface area (Å²) < 4.78 is 2.48. The van der Waals surface area contributed by atoms with E-state index in [9.17, 15) is 0 Å². The Morgan fingerprint density at radius 1 is 0.880 bits per heavy atom. The van der Waals surface area contributed by atoms with Gasteiger partial charge in [-0.3, -0.25) is 0 Å². The van der Waals surface area contributed by atoms with Gasteiger partial charge in [-0.25, -0.2) is 0 Å². The van der Waals surface area contributed by atoms with E-state index in [1.807, 2.05) is 0 Å². The highest BCUT2D eigenvalue weighted by Crippen LogP contribution is 2.36. The molecule has 2 aliphatic rings. The molecule has 5 rings (SSSR count). The molecule has 0 atom stereocenters. The van der Waals surface area contributed by atoms with Crippen LogP contribution in [0.15, 0.2) is 60.7 Å². The maximum Gasteiger partial charge on any atom is 0.0497 e. The standard InChI is InChI=1S/C24H21N/c1-17-7-4-8-18(15-17)19-9-5-10-20(16-19)25-23-13-3-2-11-21(23)22-12-6-14-24(22)25/h2,4-11,14-16H,3,12-13H2,1H3. The number of aryl methyl sites for hydroxylation is 1. The number of hydrogen-bond donors (Lipinski definition) is 0. The van der Waals surface area contributed by atoms with Crippen molar-refractivity contribution in [2.24, 2.45) is 0 Å². The summed E-state index contributed by atoms with van der Waals surface area (Å²) in [6.07, 6.45) is 12.5. The smallest absolute Gasteiger partial charge is 0.0497 e. The Balaban J connectivity index is 1.70. The number of hydrogen-bond acceptors (Lipinski definition) is 0. The Labute approximate surface area is 148 Å². The molecule has 1 heterocycles. The van der Waals surface area contributed by atoms with Crippen LogP contribution >= 0.6 is 0 Å². The van der Waals surface area contributed by atoms with Gasteiger partial charge >= 0.3 is 0 Å². The molecule has 1 heteroatoms. The van der Waals surface area contributed by atoms with E-state index in [2.05, 4.69) is 84.3 Å². The van der Waals surface area contributed by atoms with Crippen LogP contribution in [0.1, 0.15) is 34.5 Å². The molecule has 0 unspecified atom stereocenters. The Kier molecular flexibility index (Phi) is 3.27. The lowest BCUT2D eigenvalue weighted by molar-refractivity contribution is 0.870. The Hall–Kier alpha value is -2.80. The van der Waals surface area contributed by atoms with Crippen LogP contribution in [-0.4, -0.2) is 4.57 Å². The van der Waals surface area contributed by atoms with Crippen LogP contribution < -0.4 is 0 Å². The molecule has 2 aromatic carbocycles. The zero-order chi connectivity index (χ0) is 16.8. The average Bonchev–Trinajstić information content (AvgIpc) is 3.22. The molecule has 0 fully saturated rings. The van der Waals surface area contributed by atoms with Crippen LogP contribution in [0, 0.1) is 6.92 Å². The highest BCUT2D eigenvalue weighted by Gasteiger charge is 2.23. The predicted molar refractivity (Wildman–Crippen MR) is 106 cm³/mol. The minimum absolute atomic E-state index is 1.06. The second kappa shape index (κ2) is 5.63. The van der Waals surface area contributed by atoms with Crippen LogP contribution in [0.5, 0.6) is 0 Å². The SMILES string of the molecule is Cc1cccc(-c2cccc(-n3c4c(c5c3CCC=C5)CC=C4)c2)c1. The van der Waals surface area contributed by atoms with Gasteiger partial charge in [0.15, 0.2) is 0 Å². The number of nitrogens with zero attached hydrogens (tertiary/aromatic N) is 1. The number of benzene rings is 2. The average molecular weight is 323 g/mol. The summed E-state index contributed by atoms with van der Waals surface area (Å²) in [5.41, 5.74) is 10.9. The fourth-order valence-corrected chi connectivity index (χ4v) is 4.20. The Morgan fingerprint density at radius 2 is 1.72 bits per heavy atom. The molecule has 0 N–H and O–H groups in total. The van der Waals surface area contributed by atoms with E-state index in [4.69, 9.17) is 0 Å². The lowest BCUT2D eigenvalue weighted by atomic mass is 10.0. The minimum atomic E-state index is 1.06. The van der Waals surface area contributed by atoms with Crippen molar-refractivity contribution < 1.29 is 0 Å². The molecule has 0 aliphatic heterocycles. The first kappa shape index (κ1) is 14.5. The van der Waals surface area contributed by atoms with Crippen molar-refractivity contribution in [1.82, 2.24) is 4.57 Å². The lowest BCUT2D eigenvalue weighted by Gasteiger charge is -2.15. The molecule has 3 aromatic rings. The van der Waals surface area contributed by atoms with Crippen molar-refractivity contribution >= 4 is 12.2 Å². The van der Waals surface area contributed by atoms with Gasteiger partial charge in [0.1, 0.15) is 0 Å². The Morgan fingerprint density at radius 3 is 2.60 bits per heavy atom. The van der Waals surface area contributed by atoms with Gasteiger partial charge in [-0.1, -0.05) is 60.2 Å². The molecule has 122 valence electrons. The summed E-state index contributed by atoms with van der Waals surface area (Å²) >= 11 is 0. The first-order chi connectivity index (χ1) is 12.3. The fourth-order valence-electron chi connectivity index (χ4n) is 4.20. The summed E-state index contributed by atoms with van der Waals surface area (Å²) in [7, 11) is 0. The van der Waals surface area contributed by atoms with Gasteiger partial charge in [0.2, 0.25) is 0 Å². The molecule has 0 saturated heterocycles. The van der Waals surface area contributed by atoms with E-state index in [1.54, 1.807) is 0 Å². The molecule has 0 bridgehead atoms. The van der Waals surface area contributed by atoms with Crippen LogP contribution in [0.4, 0.5) is 0 Å². The number of rotatable bonds is 2. The molecule has 0 spiro atoms. The van der Waals surface area contributed by atoms with Crippen molar-refractivity contribution in [1.29, 1.82) is 0 Å². The predicted octanol–water partition coefficient (Wildman–Crippen LogP) is 5.98. The van der Waals surface area contributed by atoms with E-state index in [0.29, 0.717) is 0 Å². The van der Waals surface area contributed by atoms with Crippen LogP contribution in [0.2, 0.25) is 0 Å². The van der Waals surface area contributed by atoms with Gasteiger partial charge in [-0.15, -0.1) is 0 Å². The van der Waals surface area contributed by atoms with Crippen LogP contribution in [0.25, 0.3) is 29.0 Å². The van der Waals surface area contributed by atoms with Crippen molar-refractivity contribution in [2.75, 3.05) is 0 Å². The molecular formula is C24H21N. The van der Waals surface area contributed by atoms with Crippen molar-refractivity contribution in [3.05, 3.63) is 88.8 Å². The quantitative estimate of drug-likeness (QED) is 0.546. The summed E-state index contributed by atoms with van der Waals surface area (Å²) in [5.74, 6) is 0. The van der Waals surface area contributed by atoms with Gasteiger partial charge in [-0.05, 0) is 66.6 Å². The molecule has 0 amide bonds. The van der Waals surface area contributed by atoms with E-state index in [-0.39, 0.29) is 0 Å². The van der Waals surface area contributed by atoms with E-state index < -0.39 is 0 Å². The largest absolute Gasteiger partial charge is 0.313 e. The van der Waals surface area contributed by atoms with Crippen molar-refractivity contribution in [3.8, 4) is 16.8 Å².